The van der Waals surface area contributed by atoms with Crippen LogP contribution < -0.4 is 5.32 Å². The molecular formula is C17H17N3O8S. The molecule has 2 unspecified atom stereocenters. The van der Waals surface area contributed by atoms with Gasteiger partial charge in [-0.2, -0.15) is 0 Å². The lowest BCUT2D eigenvalue weighted by atomic mass is 10.0. The number of hydrogen-bond acceptors (Lipinski definition) is 7. The first-order valence-electron chi connectivity index (χ1n) is 8.58. The summed E-state index contributed by atoms with van der Waals surface area (Å²) in [7, 11) is -1.66. The van der Waals surface area contributed by atoms with Gasteiger partial charge in [-0.3, -0.25) is 19.1 Å². The zero-order chi connectivity index (χ0) is 21.1. The molecule has 2 aliphatic rings. The van der Waals surface area contributed by atoms with Gasteiger partial charge in [0.25, 0.3) is 5.69 Å². The van der Waals surface area contributed by atoms with Crippen LogP contribution in [0.25, 0.3) is 0 Å². The molecule has 29 heavy (non-hydrogen) atoms. The van der Waals surface area contributed by atoms with Gasteiger partial charge in [-0.1, -0.05) is 0 Å². The van der Waals surface area contributed by atoms with E-state index in [-0.39, 0.29) is 60.0 Å². The zero-order valence-corrected chi connectivity index (χ0v) is 15.8. The fourth-order valence-corrected chi connectivity index (χ4v) is 4.42. The second kappa shape index (κ2) is 8.39. The Morgan fingerprint density at radius 3 is 2.59 bits per heavy atom. The largest absolute Gasteiger partial charge is 0.477 e. The lowest BCUT2D eigenvalue weighted by molar-refractivity contribution is -0.384. The van der Waals surface area contributed by atoms with E-state index >= 15 is 0 Å². The number of nitro benzene ring substituents is 1. The first kappa shape index (κ1) is 20.5. The number of amides is 2. The van der Waals surface area contributed by atoms with Crippen LogP contribution in [0.1, 0.15) is 18.4 Å². The smallest absolute Gasteiger partial charge is 0.407 e. The number of carboxylic acid groups (broad SMARTS) is 1. The van der Waals surface area contributed by atoms with Crippen LogP contribution >= 0.6 is 0 Å². The van der Waals surface area contributed by atoms with Gasteiger partial charge in [0.05, 0.1) is 21.8 Å². The SMILES string of the molecule is O=C(NCCS(=O)C1=C(C(=O)O)N2C(=O)CC2C1)OCc1ccc([N+](=O)[O-])cc1. The van der Waals surface area contributed by atoms with Gasteiger partial charge in [-0.25, -0.2) is 9.59 Å². The van der Waals surface area contributed by atoms with Crippen molar-refractivity contribution < 1.29 is 33.4 Å². The fraction of sp³-hybridized carbons (Fsp3) is 0.353. The number of nitro groups is 1. The summed E-state index contributed by atoms with van der Waals surface area (Å²) >= 11 is 0. The first-order chi connectivity index (χ1) is 13.8. The maximum atomic E-state index is 12.4. The van der Waals surface area contributed by atoms with Crippen molar-refractivity contribution in [2.45, 2.75) is 25.5 Å². The number of nitrogens with zero attached hydrogens (tertiary/aromatic N) is 2. The van der Waals surface area contributed by atoms with E-state index in [0.717, 1.165) is 0 Å². The molecule has 1 aromatic carbocycles. The molecule has 12 heteroatoms. The standard InChI is InChI=1S/C17H17N3O8S/c21-14-8-12-7-13(15(16(22)23)19(12)14)29(27)6-5-18-17(24)28-9-10-1-3-11(4-2-10)20(25)26/h1-4,12H,5-9H2,(H,18,24)(H,22,23). The van der Waals surface area contributed by atoms with E-state index in [1.54, 1.807) is 0 Å². The molecule has 1 fully saturated rings. The molecule has 2 atom stereocenters. The summed E-state index contributed by atoms with van der Waals surface area (Å²) in [5.41, 5.74) is 0.269. The molecule has 1 saturated heterocycles. The summed E-state index contributed by atoms with van der Waals surface area (Å²) in [5.74, 6) is -1.61. The number of rotatable bonds is 8. The number of aliphatic carboxylic acids is 1. The molecule has 0 bridgehead atoms. The second-order valence-electron chi connectivity index (χ2n) is 6.38. The molecule has 2 amide bonds. The van der Waals surface area contributed by atoms with Crippen molar-refractivity contribution >= 4 is 34.5 Å². The van der Waals surface area contributed by atoms with Crippen molar-refractivity contribution in [3.05, 3.63) is 50.5 Å². The number of nitrogens with one attached hydrogen (secondary N) is 1. The molecule has 2 heterocycles. The van der Waals surface area contributed by atoms with Crippen molar-refractivity contribution in [2.24, 2.45) is 0 Å². The lowest BCUT2D eigenvalue weighted by Gasteiger charge is -2.34. The third-order valence-corrected chi connectivity index (χ3v) is 6.01. The molecule has 0 aromatic heterocycles. The number of fused-ring (bicyclic) bond motifs is 1. The predicted molar refractivity (Wildman–Crippen MR) is 98.8 cm³/mol. The molecular weight excluding hydrogens is 406 g/mol. The van der Waals surface area contributed by atoms with Crippen LogP contribution in [-0.2, 0) is 31.7 Å². The van der Waals surface area contributed by atoms with Gasteiger partial charge in [0.1, 0.15) is 12.3 Å². The quantitative estimate of drug-likeness (QED) is 0.354. The summed E-state index contributed by atoms with van der Waals surface area (Å²) in [6.07, 6.45) is -0.270. The highest BCUT2D eigenvalue weighted by Crippen LogP contribution is 2.39. The molecule has 0 aliphatic carbocycles. The van der Waals surface area contributed by atoms with E-state index in [1.807, 2.05) is 0 Å². The molecule has 2 aliphatic heterocycles. The van der Waals surface area contributed by atoms with Gasteiger partial charge in [0, 0.05) is 42.2 Å². The lowest BCUT2D eigenvalue weighted by Crippen LogP contribution is -2.49. The average molecular weight is 423 g/mol. The molecule has 0 saturated carbocycles. The number of benzene rings is 1. The molecule has 1 aromatic rings. The van der Waals surface area contributed by atoms with Gasteiger partial charge in [-0.15, -0.1) is 0 Å². The number of ether oxygens (including phenoxy) is 1. The van der Waals surface area contributed by atoms with E-state index < -0.39 is 27.8 Å². The molecule has 0 spiro atoms. The predicted octanol–water partition coefficient (Wildman–Crippen LogP) is 0.870. The van der Waals surface area contributed by atoms with Crippen molar-refractivity contribution in [3.63, 3.8) is 0 Å². The van der Waals surface area contributed by atoms with Gasteiger partial charge < -0.3 is 20.1 Å². The minimum absolute atomic E-state index is 0.0132. The topological polar surface area (TPSA) is 156 Å². The van der Waals surface area contributed by atoms with Gasteiger partial charge in [0.15, 0.2) is 0 Å². The van der Waals surface area contributed by atoms with Crippen LogP contribution in [0.4, 0.5) is 10.5 Å². The monoisotopic (exact) mass is 423 g/mol. The summed E-state index contributed by atoms with van der Waals surface area (Å²) < 4.78 is 17.4. The Hall–Kier alpha value is -3.28. The Bertz CT molecular complexity index is 927. The van der Waals surface area contributed by atoms with Crippen LogP contribution in [0.15, 0.2) is 34.9 Å². The number of carbonyl (C=O) groups excluding carboxylic acids is 2. The van der Waals surface area contributed by atoms with Crippen molar-refractivity contribution in [1.82, 2.24) is 10.2 Å². The number of carbonyl (C=O) groups is 3. The van der Waals surface area contributed by atoms with Crippen LogP contribution in [0, 0.1) is 10.1 Å². The Morgan fingerprint density at radius 1 is 1.31 bits per heavy atom. The van der Waals surface area contributed by atoms with E-state index in [1.165, 1.54) is 29.2 Å². The van der Waals surface area contributed by atoms with Crippen molar-refractivity contribution in [2.75, 3.05) is 12.3 Å². The summed E-state index contributed by atoms with van der Waals surface area (Å²) in [6, 6.07) is 5.27. The molecule has 11 nitrogen and oxygen atoms in total. The molecule has 0 radical (unpaired) electrons. The van der Waals surface area contributed by atoms with Crippen molar-refractivity contribution in [3.8, 4) is 0 Å². The Kier molecular flexibility index (Phi) is 5.92. The van der Waals surface area contributed by atoms with Gasteiger partial charge in [-0.05, 0) is 17.7 Å². The fourth-order valence-electron chi connectivity index (χ4n) is 3.10. The van der Waals surface area contributed by atoms with Crippen LogP contribution in [0.5, 0.6) is 0 Å². The highest BCUT2D eigenvalue weighted by molar-refractivity contribution is 7.89. The summed E-state index contributed by atoms with van der Waals surface area (Å²) in [6.45, 7) is -0.110. The second-order valence-corrected chi connectivity index (χ2v) is 7.97. The molecule has 2 N–H and O–H groups in total. The number of hydrogen-bond donors (Lipinski definition) is 2. The van der Waals surface area contributed by atoms with Crippen molar-refractivity contribution in [1.29, 1.82) is 0 Å². The Morgan fingerprint density at radius 2 is 2.00 bits per heavy atom. The Balaban J connectivity index is 1.45. The third kappa shape index (κ3) is 4.42. The van der Waals surface area contributed by atoms with E-state index in [4.69, 9.17) is 4.74 Å². The van der Waals surface area contributed by atoms with E-state index in [9.17, 15) is 33.8 Å². The zero-order valence-electron chi connectivity index (χ0n) is 15.0. The van der Waals surface area contributed by atoms with Crippen LogP contribution in [-0.4, -0.2) is 55.4 Å². The van der Waals surface area contributed by atoms with E-state index in [2.05, 4.69) is 5.32 Å². The maximum Gasteiger partial charge on any atom is 0.407 e. The number of alkyl carbamates (subject to hydrolysis) is 1. The normalized spacial score (nSPS) is 18.7. The highest BCUT2D eigenvalue weighted by Gasteiger charge is 2.48. The number of non-ortho nitro benzene ring substituents is 1. The molecule has 3 rings (SSSR count). The van der Waals surface area contributed by atoms with Gasteiger partial charge >= 0.3 is 12.1 Å². The summed E-state index contributed by atoms with van der Waals surface area (Å²) in [5, 5.41) is 22.3. The third-order valence-electron chi connectivity index (χ3n) is 4.52. The maximum absolute atomic E-state index is 12.4. The Labute approximate surface area is 166 Å². The van der Waals surface area contributed by atoms with E-state index in [0.29, 0.717) is 5.56 Å². The van der Waals surface area contributed by atoms with Crippen LogP contribution in [0.3, 0.4) is 0 Å². The number of carboxylic acids is 1. The average Bonchev–Trinajstić information content (AvgIpc) is 2.99. The minimum atomic E-state index is -1.66. The number of β-lactam (4-membered cyclic amide) rings is 1. The molecule has 154 valence electrons. The highest BCUT2D eigenvalue weighted by atomic mass is 32.2. The minimum Gasteiger partial charge on any atom is -0.477 e. The summed E-state index contributed by atoms with van der Waals surface area (Å²) in [4.78, 5) is 46.1. The van der Waals surface area contributed by atoms with Gasteiger partial charge in [0.2, 0.25) is 5.91 Å². The van der Waals surface area contributed by atoms with Crippen LogP contribution in [0.2, 0.25) is 0 Å². The first-order valence-corrected chi connectivity index (χ1v) is 9.90.